The topological polar surface area (TPSA) is 377 Å². The number of benzene rings is 4. The third-order valence-corrected chi connectivity index (χ3v) is 8.02. The van der Waals surface area contributed by atoms with Crippen molar-refractivity contribution in [2.24, 2.45) is 0 Å². The number of carbonyl (C=O) groups is 4. The summed E-state index contributed by atoms with van der Waals surface area (Å²) >= 11 is 0. The lowest BCUT2D eigenvalue weighted by molar-refractivity contribution is -0.193. The van der Waals surface area contributed by atoms with Gasteiger partial charge in [-0.25, -0.2) is 19.2 Å². The molecule has 1 saturated heterocycles. The molecule has 1 aliphatic heterocycles. The molecule has 4 aromatic carbocycles. The van der Waals surface area contributed by atoms with Gasteiger partial charge in [-0.1, -0.05) is 0 Å². The van der Waals surface area contributed by atoms with Gasteiger partial charge in [-0.15, -0.1) is 0 Å². The molecule has 0 aliphatic carbocycles. The minimum absolute atomic E-state index is 0.570. The molecule has 56 heavy (non-hydrogen) atoms. The predicted molar refractivity (Wildman–Crippen MR) is 175 cm³/mol. The molecule has 22 nitrogen and oxygen atoms in total. The maximum Gasteiger partial charge on any atom is 0.340 e. The molecular formula is C34H28O22. The van der Waals surface area contributed by atoms with Crippen molar-refractivity contribution in [2.45, 2.75) is 24.1 Å². The largest absolute Gasteiger partial charge is 0.504 e. The van der Waals surface area contributed by atoms with Crippen LogP contribution in [-0.4, -0.2) is 128 Å². The van der Waals surface area contributed by atoms with Crippen molar-refractivity contribution in [3.63, 3.8) is 0 Å². The summed E-state index contributed by atoms with van der Waals surface area (Å²) in [5, 5.41) is 130. The van der Waals surface area contributed by atoms with Crippen LogP contribution < -0.4 is 0 Å². The number of ether oxygens (including phenoxy) is 5. The average molecular weight is 789 g/mol. The molecule has 0 amide bonds. The Morgan fingerprint density at radius 1 is 0.482 bits per heavy atom. The number of esters is 4. The smallest absolute Gasteiger partial charge is 0.340 e. The number of hydrogen-bond donors (Lipinski definition) is 13. The lowest BCUT2D eigenvalue weighted by Gasteiger charge is -2.32. The van der Waals surface area contributed by atoms with E-state index in [0.717, 1.165) is 0 Å². The van der Waals surface area contributed by atoms with Gasteiger partial charge in [0.15, 0.2) is 75.1 Å². The third kappa shape index (κ3) is 7.66. The molecule has 0 bridgehead atoms. The Bertz CT molecular complexity index is 2160. The monoisotopic (exact) mass is 788 g/mol. The number of aliphatic hydroxyl groups is 1. The Balaban J connectivity index is 1.54. The Labute approximate surface area is 310 Å². The van der Waals surface area contributed by atoms with Crippen LogP contribution in [0.1, 0.15) is 41.4 Å². The van der Waals surface area contributed by atoms with Gasteiger partial charge in [0.2, 0.25) is 11.9 Å². The molecular weight excluding hydrogens is 760 g/mol. The highest BCUT2D eigenvalue weighted by molar-refractivity contribution is 5.93. The summed E-state index contributed by atoms with van der Waals surface area (Å²) in [5.74, 6) is -17.9. The number of aromatic hydroxyl groups is 12. The lowest BCUT2D eigenvalue weighted by Crippen LogP contribution is -2.55. The van der Waals surface area contributed by atoms with Crippen LogP contribution in [0.2, 0.25) is 0 Å². The van der Waals surface area contributed by atoms with Crippen LogP contribution in [-0.2, 0) is 23.7 Å². The van der Waals surface area contributed by atoms with E-state index in [2.05, 4.69) is 0 Å². The highest BCUT2D eigenvalue weighted by Gasteiger charge is 2.62. The van der Waals surface area contributed by atoms with Crippen molar-refractivity contribution >= 4 is 23.9 Å². The summed E-state index contributed by atoms with van der Waals surface area (Å²) in [6.45, 7) is -2.50. The summed E-state index contributed by atoms with van der Waals surface area (Å²) < 4.78 is 26.5. The Hall–Kier alpha value is -7.72. The minimum atomic E-state index is -3.10. The molecule has 1 fully saturated rings. The van der Waals surface area contributed by atoms with E-state index >= 15 is 0 Å². The normalized spacial score (nSPS) is 18.8. The van der Waals surface area contributed by atoms with Crippen LogP contribution in [0.4, 0.5) is 0 Å². The summed E-state index contributed by atoms with van der Waals surface area (Å²) in [6, 6.07) is 5.06. The van der Waals surface area contributed by atoms with Crippen molar-refractivity contribution < 1.29 is 109 Å². The maximum atomic E-state index is 13.4. The fourth-order valence-corrected chi connectivity index (χ4v) is 5.13. The standard InChI is InChI=1S/C34H28O22/c35-15-1-11(2-16(36)24(15)43)29(47)52-9-23-28(55-31(49)13-5-19(39)26(45)20(40)6-13)34(51,10-53-30(48)12-3-17(37)25(44)18(38)4-12)33(54-23)56-32(50)14-7-21(41)27(46)22(42)8-14/h1-8,23,28,33,35-46,51H,9-10H2/t23-,28-,33?,34-/m1/s1. The molecule has 0 saturated carbocycles. The quantitative estimate of drug-likeness (QED) is 0.0597. The van der Waals surface area contributed by atoms with Crippen molar-refractivity contribution in [1.82, 2.24) is 0 Å². The zero-order chi connectivity index (χ0) is 41.4. The van der Waals surface area contributed by atoms with E-state index in [9.17, 15) is 85.6 Å². The number of rotatable bonds is 10. The van der Waals surface area contributed by atoms with Gasteiger partial charge in [-0.3, -0.25) is 0 Å². The van der Waals surface area contributed by atoms with Crippen LogP contribution in [0, 0.1) is 0 Å². The fraction of sp³-hybridized carbons (Fsp3) is 0.176. The van der Waals surface area contributed by atoms with Crippen LogP contribution in [0.25, 0.3) is 0 Å². The van der Waals surface area contributed by atoms with E-state index in [1.807, 2.05) is 0 Å². The van der Waals surface area contributed by atoms with Crippen molar-refractivity contribution in [2.75, 3.05) is 13.2 Å². The van der Waals surface area contributed by atoms with Gasteiger partial charge < -0.3 is 90.1 Å². The first-order valence-corrected chi connectivity index (χ1v) is 15.4. The first kappa shape index (κ1) is 39.5. The third-order valence-electron chi connectivity index (χ3n) is 8.02. The average Bonchev–Trinajstić information content (AvgIpc) is 3.39. The molecule has 5 rings (SSSR count). The molecule has 4 aromatic rings. The molecule has 0 spiro atoms. The zero-order valence-electron chi connectivity index (χ0n) is 27.8. The van der Waals surface area contributed by atoms with Gasteiger partial charge in [0, 0.05) is 0 Å². The Morgan fingerprint density at radius 2 is 0.786 bits per heavy atom. The van der Waals surface area contributed by atoms with Gasteiger partial charge in [0.1, 0.15) is 19.3 Å². The van der Waals surface area contributed by atoms with Crippen LogP contribution in [0.3, 0.4) is 0 Å². The molecule has 1 heterocycles. The molecule has 1 unspecified atom stereocenters. The summed E-state index contributed by atoms with van der Waals surface area (Å²) in [5.41, 5.74) is -5.71. The lowest BCUT2D eigenvalue weighted by atomic mass is 9.95. The Kier molecular flexibility index (Phi) is 10.5. The minimum Gasteiger partial charge on any atom is -0.504 e. The van der Waals surface area contributed by atoms with Crippen molar-refractivity contribution in [1.29, 1.82) is 0 Å². The molecule has 4 atom stereocenters. The molecule has 296 valence electrons. The number of phenols is 12. The molecule has 22 heteroatoms. The summed E-state index contributed by atoms with van der Waals surface area (Å²) in [7, 11) is 0. The number of carbonyl (C=O) groups excluding carboxylic acids is 4. The van der Waals surface area contributed by atoms with Crippen LogP contribution in [0.15, 0.2) is 48.5 Å². The summed E-state index contributed by atoms with van der Waals surface area (Å²) in [4.78, 5) is 52.6. The SMILES string of the molecule is O=C(OC[C@H]1OC(OC(=O)c2cc(O)c(O)c(O)c2)[C@@](O)(COC(=O)c2cc(O)c(O)c(O)c2)[C@@H]1OC(=O)c1cc(O)c(O)c(O)c1)c1cc(O)c(O)c(O)c1. The van der Waals surface area contributed by atoms with E-state index in [4.69, 9.17) is 23.7 Å². The van der Waals surface area contributed by atoms with Gasteiger partial charge in [0.05, 0.1) is 22.3 Å². The molecule has 0 radical (unpaired) electrons. The van der Waals surface area contributed by atoms with Crippen LogP contribution >= 0.6 is 0 Å². The molecule has 13 N–H and O–H groups in total. The van der Waals surface area contributed by atoms with Gasteiger partial charge in [-0.2, -0.15) is 0 Å². The first-order chi connectivity index (χ1) is 26.2. The van der Waals surface area contributed by atoms with Crippen molar-refractivity contribution in [3.8, 4) is 69.0 Å². The van der Waals surface area contributed by atoms with Gasteiger partial charge in [0.25, 0.3) is 0 Å². The second kappa shape index (κ2) is 15.0. The van der Waals surface area contributed by atoms with E-state index in [1.165, 1.54) is 0 Å². The second-order valence-electron chi connectivity index (χ2n) is 11.9. The van der Waals surface area contributed by atoms with Gasteiger partial charge >= 0.3 is 23.9 Å². The molecule has 0 aromatic heterocycles. The maximum absolute atomic E-state index is 13.4. The van der Waals surface area contributed by atoms with E-state index in [0.29, 0.717) is 48.5 Å². The highest BCUT2D eigenvalue weighted by Crippen LogP contribution is 2.41. The number of hydrogen-bond acceptors (Lipinski definition) is 22. The Morgan fingerprint density at radius 3 is 1.14 bits per heavy atom. The van der Waals surface area contributed by atoms with Crippen molar-refractivity contribution in [3.05, 3.63) is 70.8 Å². The fourth-order valence-electron chi connectivity index (χ4n) is 5.13. The molecule has 1 aliphatic rings. The second-order valence-corrected chi connectivity index (χ2v) is 11.9. The van der Waals surface area contributed by atoms with E-state index in [-0.39, 0.29) is 0 Å². The first-order valence-electron chi connectivity index (χ1n) is 15.4. The van der Waals surface area contributed by atoms with E-state index < -0.39 is 152 Å². The number of phenolic OH excluding ortho intramolecular Hbond substituents is 12. The van der Waals surface area contributed by atoms with Gasteiger partial charge in [-0.05, 0) is 48.5 Å². The zero-order valence-corrected chi connectivity index (χ0v) is 27.8. The van der Waals surface area contributed by atoms with Crippen LogP contribution in [0.5, 0.6) is 69.0 Å². The summed E-state index contributed by atoms with van der Waals surface area (Å²) in [6.07, 6.45) is -6.71. The van der Waals surface area contributed by atoms with E-state index in [1.54, 1.807) is 0 Å². The highest BCUT2D eigenvalue weighted by atomic mass is 16.7. The predicted octanol–water partition coefficient (Wildman–Crippen LogP) is 0.706.